The van der Waals surface area contributed by atoms with E-state index in [4.69, 9.17) is 37.3 Å². The Morgan fingerprint density at radius 2 is 1.15 bits per heavy atom. The average Bonchev–Trinajstić information content (AvgIpc) is 3.23. The van der Waals surface area contributed by atoms with E-state index in [1.807, 2.05) is 34.6 Å². The van der Waals surface area contributed by atoms with Gasteiger partial charge < -0.3 is 47.3 Å². The highest BCUT2D eigenvalue weighted by Crippen LogP contribution is 2.27. The minimum Gasteiger partial charge on any atom is -0.858 e. The van der Waals surface area contributed by atoms with Crippen molar-refractivity contribution in [3.63, 3.8) is 0 Å². The van der Waals surface area contributed by atoms with Gasteiger partial charge in [0.15, 0.2) is 16.6 Å². The fourth-order valence-corrected chi connectivity index (χ4v) is 15.0. The SMILES string of the molecule is C.C.CCC(C)c1ccc(C([O-])=NS(=O)(=O)C(F)(F)F)cc1.CCCC[Si](C)(C)O[Si](C)(C)CCCOC(=O)C(C)(C)CC.COCCOCC[NH+](CCOCCOC)CCOCCOC. The zero-order chi connectivity index (χ0) is 49.3. The van der Waals surface area contributed by atoms with Crippen LogP contribution in [0.3, 0.4) is 0 Å². The third-order valence-electron chi connectivity index (χ3n) is 10.2. The normalized spacial score (nSPS) is 12.8. The standard InChI is InChI=1S/C17H38O3Si2.C15H33NO6.C12H14F3NO3S.2CH4/c1-9-11-14-21(5,6)20-22(7,8)15-12-13-19-16(18)17(3,4)10-2;1-17-10-13-20-7-4-16(5-8-21-14-11-18-2)6-9-22-15-12-19-3;1-3-8(2)9-4-6-10(7-5-9)11(17)16-20(18,19)12(13,14)15;;/h9-15H2,1-8H3;4-15H2,1-3H3;4-8H,3H2,1-2H3,(H,16,17);2*1H4. The number of esters is 1. The van der Waals surface area contributed by atoms with E-state index in [9.17, 15) is 31.5 Å². The molecule has 0 spiro atoms. The van der Waals surface area contributed by atoms with Gasteiger partial charge in [0.2, 0.25) is 0 Å². The molecule has 0 aliphatic carbocycles. The summed E-state index contributed by atoms with van der Waals surface area (Å²) < 4.78 is 103. The second-order valence-electron chi connectivity index (χ2n) is 17.3. The van der Waals surface area contributed by atoms with Gasteiger partial charge in [-0.1, -0.05) is 79.7 Å². The van der Waals surface area contributed by atoms with Gasteiger partial charge in [0, 0.05) is 27.2 Å². The summed E-state index contributed by atoms with van der Waals surface area (Å²) in [5.74, 6) is -1.28. The molecule has 14 nitrogen and oxygen atoms in total. The van der Waals surface area contributed by atoms with Crippen LogP contribution in [0.4, 0.5) is 13.2 Å². The number of alkyl halides is 3. The molecule has 0 saturated carbocycles. The van der Waals surface area contributed by atoms with Crippen molar-refractivity contribution in [3.8, 4) is 0 Å². The number of quaternary nitrogens is 1. The van der Waals surface area contributed by atoms with E-state index in [0.717, 1.165) is 70.3 Å². The van der Waals surface area contributed by atoms with Crippen LogP contribution in [0, 0.1) is 5.41 Å². The molecular weight excluding hydrogens is 918 g/mol. The molecule has 1 aromatic carbocycles. The van der Waals surface area contributed by atoms with Crippen molar-refractivity contribution in [1.82, 2.24) is 0 Å². The summed E-state index contributed by atoms with van der Waals surface area (Å²) in [5.41, 5.74) is -5.23. The molecule has 1 aromatic rings. The zero-order valence-corrected chi connectivity index (χ0v) is 44.2. The number of nitrogens with one attached hydrogen (secondary N) is 1. The van der Waals surface area contributed by atoms with Crippen LogP contribution in [0.25, 0.3) is 0 Å². The molecule has 1 unspecified atom stereocenters. The van der Waals surface area contributed by atoms with Crippen molar-refractivity contribution < 1.29 is 73.7 Å². The number of hydrogen-bond acceptors (Lipinski definition) is 12. The Morgan fingerprint density at radius 3 is 1.52 bits per heavy atom. The molecule has 66 heavy (non-hydrogen) atoms. The summed E-state index contributed by atoms with van der Waals surface area (Å²) in [6.07, 6.45) is 5.11. The predicted molar refractivity (Wildman–Crippen MR) is 264 cm³/mol. The first kappa shape index (κ1) is 70.6. The van der Waals surface area contributed by atoms with Gasteiger partial charge >= 0.3 is 21.5 Å². The number of methoxy groups -OCH3 is 3. The van der Waals surface area contributed by atoms with Crippen molar-refractivity contribution in [3.05, 3.63) is 35.4 Å². The summed E-state index contributed by atoms with van der Waals surface area (Å²) in [6, 6.07) is 7.97. The summed E-state index contributed by atoms with van der Waals surface area (Å²) in [4.78, 5) is 13.3. The van der Waals surface area contributed by atoms with Gasteiger partial charge in [-0.25, -0.2) is 0 Å². The number of benzene rings is 1. The number of hydrogen-bond donors (Lipinski definition) is 1. The fraction of sp³-hybridized carbons (Fsp3) is 0.826. The number of sulfonamides is 1. The Kier molecular flexibility index (Phi) is 41.5. The van der Waals surface area contributed by atoms with Gasteiger partial charge in [0.1, 0.15) is 19.6 Å². The van der Waals surface area contributed by atoms with E-state index in [0.29, 0.717) is 46.2 Å². The minimum absolute atomic E-state index is 0. The number of halogens is 3. The zero-order valence-electron chi connectivity index (χ0n) is 41.4. The molecule has 0 radical (unpaired) electrons. The smallest absolute Gasteiger partial charge is 0.518 e. The van der Waals surface area contributed by atoms with E-state index >= 15 is 0 Å². The lowest BCUT2D eigenvalue weighted by molar-refractivity contribution is -0.901. The highest BCUT2D eigenvalue weighted by Gasteiger charge is 2.45. The highest BCUT2D eigenvalue weighted by molar-refractivity contribution is 7.91. The quantitative estimate of drug-likeness (QED) is 0.0239. The largest absolute Gasteiger partial charge is 0.858 e. The van der Waals surface area contributed by atoms with Crippen LogP contribution in [0.15, 0.2) is 28.7 Å². The van der Waals surface area contributed by atoms with Gasteiger partial charge in [-0.15, -0.1) is 0 Å². The maximum Gasteiger partial charge on any atom is 0.518 e. The molecule has 20 heteroatoms. The Labute approximate surface area is 401 Å². The summed E-state index contributed by atoms with van der Waals surface area (Å²) in [7, 11) is -3.94. The van der Waals surface area contributed by atoms with Crippen molar-refractivity contribution in [2.75, 3.05) is 107 Å². The monoisotopic (exact) mass is 1010 g/mol. The Bertz CT molecular complexity index is 1440. The highest BCUT2D eigenvalue weighted by atomic mass is 32.2. The van der Waals surface area contributed by atoms with Crippen LogP contribution in [-0.2, 0) is 52.1 Å². The number of nitrogens with zero attached hydrogens (tertiary/aromatic N) is 1. The first-order valence-electron chi connectivity index (χ1n) is 22.5. The van der Waals surface area contributed by atoms with Crippen LogP contribution in [0.5, 0.6) is 0 Å². The van der Waals surface area contributed by atoms with Crippen LogP contribution in [0.2, 0.25) is 38.3 Å². The Morgan fingerprint density at radius 1 is 0.727 bits per heavy atom. The summed E-state index contributed by atoms with van der Waals surface area (Å²) in [6.45, 7) is 30.6. The van der Waals surface area contributed by atoms with Crippen LogP contribution in [0.1, 0.15) is 106 Å². The molecule has 0 amide bonds. The lowest BCUT2D eigenvalue weighted by atomic mass is 9.91. The van der Waals surface area contributed by atoms with Gasteiger partial charge in [0.05, 0.1) is 71.5 Å². The van der Waals surface area contributed by atoms with E-state index in [1.165, 1.54) is 35.9 Å². The number of carbonyl (C=O) groups excluding carboxylic acids is 1. The predicted octanol–water partition coefficient (Wildman–Crippen LogP) is 7.87. The fourth-order valence-electron chi connectivity index (χ4n) is 5.62. The first-order chi connectivity index (χ1) is 29.9. The molecule has 0 bridgehead atoms. The van der Waals surface area contributed by atoms with Crippen LogP contribution < -0.4 is 10.0 Å². The van der Waals surface area contributed by atoms with Crippen LogP contribution in [-0.4, -0.2) is 149 Å². The minimum atomic E-state index is -5.80. The van der Waals surface area contributed by atoms with Crippen molar-refractivity contribution in [2.45, 2.75) is 138 Å². The molecule has 0 aliphatic rings. The molecule has 0 aromatic heterocycles. The van der Waals surface area contributed by atoms with Gasteiger partial charge in [-0.3, -0.25) is 4.79 Å². The van der Waals surface area contributed by atoms with Crippen LogP contribution >= 0.6 is 0 Å². The van der Waals surface area contributed by atoms with Gasteiger partial charge in [0.25, 0.3) is 0 Å². The third kappa shape index (κ3) is 35.2. The molecule has 1 rings (SSSR count). The Hall–Kier alpha value is -1.99. The maximum atomic E-state index is 12.1. The van der Waals surface area contributed by atoms with E-state index in [2.05, 4.69) is 37.5 Å². The number of rotatable bonds is 33. The molecular formula is C46H93F3N2O12SSi2. The average molecular weight is 1010 g/mol. The number of unbranched alkanes of at least 4 members (excludes halogenated alkanes) is 1. The molecule has 1 atom stereocenters. The second-order valence-corrected chi connectivity index (χ2v) is 27.7. The number of carbonyl (C=O) groups is 1. The van der Waals surface area contributed by atoms with Crippen molar-refractivity contribution in [2.24, 2.45) is 9.81 Å². The third-order valence-corrected chi connectivity index (χ3v) is 18.7. The topological polar surface area (TPSA) is 165 Å². The first-order valence-corrected chi connectivity index (χ1v) is 30.2. The second kappa shape index (κ2) is 38.8. The molecule has 394 valence electrons. The molecule has 0 aliphatic heterocycles. The molecule has 1 N–H and O–H groups in total. The summed E-state index contributed by atoms with van der Waals surface area (Å²) in [5, 5.41) is 11.4. The maximum absolute atomic E-state index is 12.1. The number of ether oxygens (including phenoxy) is 7. The van der Waals surface area contributed by atoms with E-state index in [1.54, 1.807) is 33.5 Å². The Balaban J connectivity index is -0.000000431. The molecule has 0 fully saturated rings. The molecule has 0 saturated heterocycles. The summed E-state index contributed by atoms with van der Waals surface area (Å²) >= 11 is 0. The van der Waals surface area contributed by atoms with Gasteiger partial charge in [-0.2, -0.15) is 26.0 Å². The van der Waals surface area contributed by atoms with Gasteiger partial charge in [-0.05, 0) is 88.4 Å². The lowest BCUT2D eigenvalue weighted by Gasteiger charge is -2.34. The molecule has 0 heterocycles. The van der Waals surface area contributed by atoms with E-state index < -0.39 is 38.1 Å². The van der Waals surface area contributed by atoms with Crippen molar-refractivity contribution in [1.29, 1.82) is 0 Å². The van der Waals surface area contributed by atoms with E-state index in [-0.39, 0.29) is 37.7 Å². The van der Waals surface area contributed by atoms with Crippen molar-refractivity contribution >= 4 is 38.5 Å². The lowest BCUT2D eigenvalue weighted by Crippen LogP contribution is -3.13.